The van der Waals surface area contributed by atoms with E-state index in [0.717, 1.165) is 24.3 Å². The Morgan fingerprint density at radius 1 is 1.42 bits per heavy atom. The van der Waals surface area contributed by atoms with Crippen LogP contribution >= 0.6 is 11.8 Å². The van der Waals surface area contributed by atoms with Gasteiger partial charge in [-0.3, -0.25) is 0 Å². The summed E-state index contributed by atoms with van der Waals surface area (Å²) in [7, 11) is 0. The molecule has 1 aliphatic heterocycles. The molecule has 1 aliphatic rings. The number of nitrogens with one attached hydrogen (secondary N) is 1. The average Bonchev–Trinajstić information content (AvgIpc) is 2.74. The van der Waals surface area contributed by atoms with Gasteiger partial charge in [-0.25, -0.2) is 0 Å². The molecule has 0 bridgehead atoms. The van der Waals surface area contributed by atoms with Gasteiger partial charge in [-0.05, 0) is 24.6 Å². The molecule has 1 aromatic carbocycles. The van der Waals surface area contributed by atoms with Crippen molar-refractivity contribution in [1.82, 2.24) is 0 Å². The molecular formula is C13H13F3N2S. The smallest absolute Gasteiger partial charge is 0.380 e. The number of halogens is 3. The van der Waals surface area contributed by atoms with E-state index in [0.29, 0.717) is 10.9 Å². The van der Waals surface area contributed by atoms with Crippen molar-refractivity contribution >= 4 is 17.4 Å². The zero-order chi connectivity index (χ0) is 14.0. The Morgan fingerprint density at radius 2 is 2.16 bits per heavy atom. The molecule has 2 rings (SSSR count). The molecule has 1 saturated heterocycles. The quantitative estimate of drug-likeness (QED) is 0.896. The van der Waals surface area contributed by atoms with Crippen molar-refractivity contribution in [3.8, 4) is 6.07 Å². The molecule has 0 radical (unpaired) electrons. The number of rotatable bonds is 2. The summed E-state index contributed by atoms with van der Waals surface area (Å²) in [5.74, 6) is 0.910. The van der Waals surface area contributed by atoms with Crippen molar-refractivity contribution < 1.29 is 13.2 Å². The van der Waals surface area contributed by atoms with Gasteiger partial charge < -0.3 is 5.32 Å². The van der Waals surface area contributed by atoms with Crippen molar-refractivity contribution in [2.75, 3.05) is 11.1 Å². The highest BCUT2D eigenvalue weighted by Crippen LogP contribution is 2.33. The summed E-state index contributed by atoms with van der Waals surface area (Å²) in [6.07, 6.45) is -3.46. The molecule has 1 N–H and O–H groups in total. The lowest BCUT2D eigenvalue weighted by Crippen LogP contribution is -2.20. The molecule has 0 saturated carbocycles. The number of hydrogen-bond acceptors (Lipinski definition) is 3. The summed E-state index contributed by atoms with van der Waals surface area (Å²) >= 11 is 1.82. The monoisotopic (exact) mass is 286 g/mol. The van der Waals surface area contributed by atoms with Gasteiger partial charge in [0, 0.05) is 17.0 Å². The molecule has 1 aromatic rings. The Balaban J connectivity index is 2.20. The van der Waals surface area contributed by atoms with Crippen molar-refractivity contribution in [3.63, 3.8) is 0 Å². The number of thioether (sulfide) groups is 1. The molecule has 6 heteroatoms. The first kappa shape index (κ1) is 14.1. The lowest BCUT2D eigenvalue weighted by molar-refractivity contribution is -0.137. The molecule has 1 fully saturated rings. The van der Waals surface area contributed by atoms with E-state index >= 15 is 0 Å². The van der Waals surface area contributed by atoms with Crippen LogP contribution in [0.25, 0.3) is 0 Å². The Morgan fingerprint density at radius 3 is 2.68 bits per heavy atom. The SMILES string of the molecule is CC1CC(Nc2ccc(C(F)(F)F)cc2C#N)CS1. The van der Waals surface area contributed by atoms with Gasteiger partial charge in [0.2, 0.25) is 0 Å². The number of anilines is 1. The Bertz CT molecular complexity index is 508. The molecular weight excluding hydrogens is 273 g/mol. The first-order chi connectivity index (χ1) is 8.90. The Kier molecular flexibility index (Phi) is 3.95. The molecule has 2 unspecified atom stereocenters. The predicted octanol–water partition coefficient (Wildman–Crippen LogP) is 3.88. The highest BCUT2D eigenvalue weighted by atomic mass is 32.2. The molecule has 0 aromatic heterocycles. The van der Waals surface area contributed by atoms with Gasteiger partial charge in [-0.1, -0.05) is 6.92 Å². The number of hydrogen-bond donors (Lipinski definition) is 1. The van der Waals surface area contributed by atoms with Crippen LogP contribution in [-0.4, -0.2) is 17.0 Å². The lowest BCUT2D eigenvalue weighted by Gasteiger charge is -2.16. The Hall–Kier alpha value is -1.35. The van der Waals surface area contributed by atoms with E-state index < -0.39 is 11.7 Å². The van der Waals surface area contributed by atoms with E-state index in [1.807, 2.05) is 17.8 Å². The van der Waals surface area contributed by atoms with E-state index in [2.05, 4.69) is 12.2 Å². The van der Waals surface area contributed by atoms with Crippen molar-refractivity contribution in [2.45, 2.75) is 30.8 Å². The maximum absolute atomic E-state index is 12.6. The van der Waals surface area contributed by atoms with Crippen molar-refractivity contribution in [2.24, 2.45) is 0 Å². The number of benzene rings is 1. The van der Waals surface area contributed by atoms with Gasteiger partial charge in [0.1, 0.15) is 6.07 Å². The second-order valence-corrected chi connectivity index (χ2v) is 6.06. The van der Waals surface area contributed by atoms with Crippen LogP contribution in [0.1, 0.15) is 24.5 Å². The number of alkyl halides is 3. The lowest BCUT2D eigenvalue weighted by atomic mass is 10.1. The molecule has 2 atom stereocenters. The van der Waals surface area contributed by atoms with Crippen LogP contribution in [0.3, 0.4) is 0 Å². The number of nitrogens with zero attached hydrogens (tertiary/aromatic N) is 1. The Labute approximate surface area is 114 Å². The third-order valence-corrected chi connectivity index (χ3v) is 4.38. The maximum atomic E-state index is 12.6. The minimum absolute atomic E-state index is 0.0411. The zero-order valence-corrected chi connectivity index (χ0v) is 11.1. The molecule has 0 amide bonds. The maximum Gasteiger partial charge on any atom is 0.416 e. The zero-order valence-electron chi connectivity index (χ0n) is 10.3. The van der Waals surface area contributed by atoms with Crippen LogP contribution in [0.2, 0.25) is 0 Å². The van der Waals surface area contributed by atoms with Crippen molar-refractivity contribution in [3.05, 3.63) is 29.3 Å². The van der Waals surface area contributed by atoms with Crippen LogP contribution in [0.15, 0.2) is 18.2 Å². The van der Waals surface area contributed by atoms with E-state index in [1.54, 1.807) is 0 Å². The average molecular weight is 286 g/mol. The minimum atomic E-state index is -4.41. The van der Waals surface area contributed by atoms with Gasteiger partial charge >= 0.3 is 6.18 Å². The standard InChI is InChI=1S/C13H13F3N2S/c1-8-4-11(7-19-8)18-12-3-2-10(13(14,15)16)5-9(12)6-17/h2-3,5,8,11,18H,4,7H2,1H3. The first-order valence-electron chi connectivity index (χ1n) is 5.89. The molecule has 2 nitrogen and oxygen atoms in total. The van der Waals surface area contributed by atoms with Crippen LogP contribution < -0.4 is 5.32 Å². The highest BCUT2D eigenvalue weighted by Gasteiger charge is 2.31. The molecule has 0 aliphatic carbocycles. The summed E-state index contributed by atoms with van der Waals surface area (Å²) < 4.78 is 37.7. The molecule has 0 spiro atoms. The fourth-order valence-electron chi connectivity index (χ4n) is 2.08. The fourth-order valence-corrected chi connectivity index (χ4v) is 3.23. The van der Waals surface area contributed by atoms with Gasteiger partial charge in [0.25, 0.3) is 0 Å². The van der Waals surface area contributed by atoms with Gasteiger partial charge in [0.15, 0.2) is 0 Å². The predicted molar refractivity (Wildman–Crippen MR) is 70.1 cm³/mol. The van der Waals surface area contributed by atoms with E-state index in [9.17, 15) is 13.2 Å². The summed E-state index contributed by atoms with van der Waals surface area (Å²) in [4.78, 5) is 0. The normalized spacial score (nSPS) is 23.1. The second kappa shape index (κ2) is 5.33. The second-order valence-electron chi connectivity index (χ2n) is 4.59. The summed E-state index contributed by atoms with van der Waals surface area (Å²) in [6.45, 7) is 2.12. The topological polar surface area (TPSA) is 35.8 Å². The largest absolute Gasteiger partial charge is 0.416 e. The summed E-state index contributed by atoms with van der Waals surface area (Å²) in [5.41, 5.74) is -0.265. The molecule has 102 valence electrons. The summed E-state index contributed by atoms with van der Waals surface area (Å²) in [6, 6.07) is 5.28. The van der Waals surface area contributed by atoms with Crippen LogP contribution in [0, 0.1) is 11.3 Å². The first-order valence-corrected chi connectivity index (χ1v) is 6.94. The molecule has 1 heterocycles. The van der Waals surface area contributed by atoms with Crippen LogP contribution in [0.5, 0.6) is 0 Å². The highest BCUT2D eigenvalue weighted by molar-refractivity contribution is 8.00. The van der Waals surface area contributed by atoms with Gasteiger partial charge in [-0.15, -0.1) is 0 Å². The number of nitriles is 1. The van der Waals surface area contributed by atoms with E-state index in [1.165, 1.54) is 6.07 Å². The minimum Gasteiger partial charge on any atom is -0.380 e. The van der Waals surface area contributed by atoms with E-state index in [4.69, 9.17) is 5.26 Å². The van der Waals surface area contributed by atoms with Gasteiger partial charge in [0.05, 0.1) is 16.8 Å². The van der Waals surface area contributed by atoms with Crippen molar-refractivity contribution in [1.29, 1.82) is 5.26 Å². The fraction of sp³-hybridized carbons (Fsp3) is 0.462. The third kappa shape index (κ3) is 3.35. The van der Waals surface area contributed by atoms with Crippen LogP contribution in [-0.2, 0) is 6.18 Å². The van der Waals surface area contributed by atoms with E-state index in [-0.39, 0.29) is 11.6 Å². The third-order valence-electron chi connectivity index (χ3n) is 3.03. The van der Waals surface area contributed by atoms with Crippen LogP contribution in [0.4, 0.5) is 18.9 Å². The van der Waals surface area contributed by atoms with Gasteiger partial charge in [-0.2, -0.15) is 30.2 Å². The molecule has 19 heavy (non-hydrogen) atoms. The summed E-state index contributed by atoms with van der Waals surface area (Å²) in [5, 5.41) is 12.7.